The number of benzene rings is 2. The van der Waals surface area contributed by atoms with E-state index in [1.165, 1.54) is 5.69 Å². The number of ether oxygens (including phenoxy) is 2. The predicted molar refractivity (Wildman–Crippen MR) is 110 cm³/mol. The normalized spacial score (nSPS) is 14.9. The molecular weight excluding hydrogens is 340 g/mol. The molecule has 144 valence electrons. The Kier molecular flexibility index (Phi) is 6.41. The SMILES string of the molecule is CN=C(NCc1cccc(OC)c1OC)N1CCN(c2ccccc2)CC1. The number of guanidine groups is 1. The van der Waals surface area contributed by atoms with Gasteiger partial charge >= 0.3 is 0 Å². The summed E-state index contributed by atoms with van der Waals surface area (Å²) in [6.45, 7) is 4.46. The number of hydrogen-bond donors (Lipinski definition) is 1. The summed E-state index contributed by atoms with van der Waals surface area (Å²) in [6.07, 6.45) is 0. The van der Waals surface area contributed by atoms with Gasteiger partial charge in [-0.25, -0.2) is 0 Å². The van der Waals surface area contributed by atoms with Crippen molar-refractivity contribution in [3.05, 3.63) is 54.1 Å². The Hall–Kier alpha value is -2.89. The third-order valence-electron chi connectivity index (χ3n) is 4.83. The van der Waals surface area contributed by atoms with Gasteiger partial charge in [0, 0.05) is 51.0 Å². The summed E-state index contributed by atoms with van der Waals surface area (Å²) in [5.74, 6) is 2.41. The molecule has 6 nitrogen and oxygen atoms in total. The van der Waals surface area contributed by atoms with Crippen LogP contribution in [0.5, 0.6) is 11.5 Å². The van der Waals surface area contributed by atoms with Gasteiger partial charge in [0.15, 0.2) is 17.5 Å². The van der Waals surface area contributed by atoms with Crippen molar-refractivity contribution < 1.29 is 9.47 Å². The summed E-state index contributed by atoms with van der Waals surface area (Å²) in [4.78, 5) is 9.17. The van der Waals surface area contributed by atoms with Gasteiger partial charge in [-0.1, -0.05) is 30.3 Å². The highest BCUT2D eigenvalue weighted by atomic mass is 16.5. The number of rotatable bonds is 5. The van der Waals surface area contributed by atoms with E-state index in [-0.39, 0.29) is 0 Å². The third-order valence-corrected chi connectivity index (χ3v) is 4.83. The zero-order valence-electron chi connectivity index (χ0n) is 16.3. The van der Waals surface area contributed by atoms with Gasteiger partial charge in [-0.2, -0.15) is 0 Å². The fourth-order valence-electron chi connectivity index (χ4n) is 3.41. The lowest BCUT2D eigenvalue weighted by atomic mass is 10.2. The van der Waals surface area contributed by atoms with Gasteiger partial charge in [-0.15, -0.1) is 0 Å². The second kappa shape index (κ2) is 9.16. The number of piperazine rings is 1. The zero-order valence-corrected chi connectivity index (χ0v) is 16.3. The van der Waals surface area contributed by atoms with Crippen molar-refractivity contribution in [1.82, 2.24) is 10.2 Å². The number of hydrogen-bond acceptors (Lipinski definition) is 4. The topological polar surface area (TPSA) is 49.3 Å². The standard InChI is InChI=1S/C21H28N4O2/c1-22-21(23-16-17-8-7-11-19(26-2)20(17)27-3)25-14-12-24(13-15-25)18-9-5-4-6-10-18/h4-11H,12-16H2,1-3H3,(H,22,23). The van der Waals surface area contributed by atoms with Crippen LogP contribution in [0.4, 0.5) is 5.69 Å². The molecule has 1 N–H and O–H groups in total. The average molecular weight is 368 g/mol. The van der Waals surface area contributed by atoms with Gasteiger partial charge in [0.25, 0.3) is 0 Å². The van der Waals surface area contributed by atoms with Crippen molar-refractivity contribution in [2.24, 2.45) is 4.99 Å². The van der Waals surface area contributed by atoms with Gasteiger partial charge in [0.05, 0.1) is 14.2 Å². The van der Waals surface area contributed by atoms with Crippen LogP contribution in [-0.4, -0.2) is 58.3 Å². The maximum atomic E-state index is 5.52. The van der Waals surface area contributed by atoms with Crippen molar-refractivity contribution in [1.29, 1.82) is 0 Å². The van der Waals surface area contributed by atoms with Gasteiger partial charge in [-0.05, 0) is 18.2 Å². The fourth-order valence-corrected chi connectivity index (χ4v) is 3.41. The smallest absolute Gasteiger partial charge is 0.194 e. The molecule has 0 aromatic heterocycles. The van der Waals surface area contributed by atoms with Crippen LogP contribution in [0.3, 0.4) is 0 Å². The van der Waals surface area contributed by atoms with Crippen LogP contribution in [-0.2, 0) is 6.54 Å². The lowest BCUT2D eigenvalue weighted by molar-refractivity contribution is 0.350. The lowest BCUT2D eigenvalue weighted by Crippen LogP contribution is -2.52. The van der Waals surface area contributed by atoms with Gasteiger partial charge in [-0.3, -0.25) is 4.99 Å². The largest absolute Gasteiger partial charge is 0.493 e. The molecule has 0 aliphatic carbocycles. The molecule has 0 saturated carbocycles. The van der Waals surface area contributed by atoms with Gasteiger partial charge < -0.3 is 24.6 Å². The Balaban J connectivity index is 1.59. The number of methoxy groups -OCH3 is 2. The average Bonchev–Trinajstić information content (AvgIpc) is 2.75. The van der Waals surface area contributed by atoms with Crippen LogP contribution in [0.15, 0.2) is 53.5 Å². The maximum Gasteiger partial charge on any atom is 0.194 e. The highest BCUT2D eigenvalue weighted by Gasteiger charge is 2.20. The molecule has 0 bridgehead atoms. The van der Waals surface area contributed by atoms with Crippen molar-refractivity contribution in [3.63, 3.8) is 0 Å². The molecule has 6 heteroatoms. The Morgan fingerprint density at radius 3 is 2.33 bits per heavy atom. The first-order valence-electron chi connectivity index (χ1n) is 9.22. The summed E-state index contributed by atoms with van der Waals surface area (Å²) >= 11 is 0. The quantitative estimate of drug-likeness (QED) is 0.649. The summed E-state index contributed by atoms with van der Waals surface area (Å²) in [7, 11) is 5.15. The van der Waals surface area contributed by atoms with Crippen LogP contribution < -0.4 is 19.7 Å². The Labute approximate surface area is 161 Å². The monoisotopic (exact) mass is 368 g/mol. The minimum Gasteiger partial charge on any atom is -0.493 e. The van der Waals surface area contributed by atoms with Crippen molar-refractivity contribution in [2.45, 2.75) is 6.54 Å². The van der Waals surface area contributed by atoms with Gasteiger partial charge in [0.1, 0.15) is 0 Å². The first kappa shape index (κ1) is 18.9. The van der Waals surface area contributed by atoms with Crippen LogP contribution >= 0.6 is 0 Å². The highest BCUT2D eigenvalue weighted by molar-refractivity contribution is 5.80. The summed E-state index contributed by atoms with van der Waals surface area (Å²) in [5, 5.41) is 3.46. The van der Waals surface area contributed by atoms with E-state index in [4.69, 9.17) is 9.47 Å². The number of nitrogens with one attached hydrogen (secondary N) is 1. The zero-order chi connectivity index (χ0) is 19.1. The molecule has 3 rings (SSSR count). The molecule has 0 radical (unpaired) electrons. The number of anilines is 1. The Morgan fingerprint density at radius 1 is 0.963 bits per heavy atom. The highest BCUT2D eigenvalue weighted by Crippen LogP contribution is 2.30. The Morgan fingerprint density at radius 2 is 1.70 bits per heavy atom. The summed E-state index contributed by atoms with van der Waals surface area (Å²) < 4.78 is 10.9. The predicted octanol–water partition coefficient (Wildman–Crippen LogP) is 2.60. The summed E-state index contributed by atoms with van der Waals surface area (Å²) in [5.41, 5.74) is 2.32. The molecule has 1 aliphatic rings. The second-order valence-corrected chi connectivity index (χ2v) is 6.36. The van der Waals surface area contributed by atoms with Crippen molar-refractivity contribution >= 4 is 11.6 Å². The number of para-hydroxylation sites is 2. The lowest BCUT2D eigenvalue weighted by Gasteiger charge is -2.37. The molecule has 1 heterocycles. The fraction of sp³-hybridized carbons (Fsp3) is 0.381. The van der Waals surface area contributed by atoms with E-state index in [0.29, 0.717) is 6.54 Å². The molecule has 2 aromatic carbocycles. The molecule has 1 saturated heterocycles. The molecule has 2 aromatic rings. The van der Waals surface area contributed by atoms with Gasteiger partial charge in [0.2, 0.25) is 0 Å². The minimum atomic E-state index is 0.631. The van der Waals surface area contributed by atoms with Crippen LogP contribution in [0.2, 0.25) is 0 Å². The van der Waals surface area contributed by atoms with E-state index < -0.39 is 0 Å². The van der Waals surface area contributed by atoms with E-state index in [1.54, 1.807) is 14.2 Å². The Bertz CT molecular complexity index is 756. The molecule has 0 amide bonds. The minimum absolute atomic E-state index is 0.631. The van der Waals surface area contributed by atoms with E-state index >= 15 is 0 Å². The first-order valence-corrected chi connectivity index (χ1v) is 9.22. The number of nitrogens with zero attached hydrogens (tertiary/aromatic N) is 3. The van der Waals surface area contributed by atoms with E-state index in [0.717, 1.165) is 49.2 Å². The maximum absolute atomic E-state index is 5.52. The summed E-state index contributed by atoms with van der Waals surface area (Å²) in [6, 6.07) is 16.5. The van der Waals surface area contributed by atoms with E-state index in [2.05, 4.69) is 50.4 Å². The second-order valence-electron chi connectivity index (χ2n) is 6.36. The van der Waals surface area contributed by atoms with Crippen LogP contribution in [0.1, 0.15) is 5.56 Å². The molecule has 0 atom stereocenters. The van der Waals surface area contributed by atoms with Crippen molar-refractivity contribution in [3.8, 4) is 11.5 Å². The molecule has 1 fully saturated rings. The van der Waals surface area contributed by atoms with Crippen LogP contribution in [0, 0.1) is 0 Å². The molecular formula is C21H28N4O2. The molecule has 1 aliphatic heterocycles. The van der Waals surface area contributed by atoms with E-state index in [1.807, 2.05) is 25.2 Å². The molecule has 0 spiro atoms. The molecule has 0 unspecified atom stereocenters. The van der Waals surface area contributed by atoms with Crippen molar-refractivity contribution in [2.75, 3.05) is 52.3 Å². The molecule has 27 heavy (non-hydrogen) atoms. The van der Waals surface area contributed by atoms with E-state index in [9.17, 15) is 0 Å². The third kappa shape index (κ3) is 4.45. The first-order chi connectivity index (χ1) is 13.3. The van der Waals surface area contributed by atoms with Crippen LogP contribution in [0.25, 0.3) is 0 Å². The number of aliphatic imine (C=N–C) groups is 1.